The highest BCUT2D eigenvalue weighted by atomic mass is 32.1. The molecule has 7 heteroatoms. The Morgan fingerprint density at radius 1 is 1.19 bits per heavy atom. The number of aromatic amines is 1. The van der Waals surface area contributed by atoms with E-state index in [1.54, 1.807) is 10.6 Å². The molecule has 0 fully saturated rings. The fourth-order valence-electron chi connectivity index (χ4n) is 2.75. The van der Waals surface area contributed by atoms with E-state index in [1.807, 2.05) is 49.5 Å². The molecule has 0 unspecified atom stereocenters. The SMILES string of the molecule is Cn1c(COc2ccc3c(-c4ccccc4)cc(=O)oc3c2)n[nH]c1=S. The molecule has 0 aliphatic rings. The summed E-state index contributed by atoms with van der Waals surface area (Å²) in [4.78, 5) is 12.0. The Bertz CT molecular complexity index is 1190. The molecule has 4 aromatic rings. The third-order valence-corrected chi connectivity index (χ3v) is 4.51. The number of ether oxygens (including phenoxy) is 1. The average Bonchev–Trinajstić information content (AvgIpc) is 2.98. The van der Waals surface area contributed by atoms with Gasteiger partial charge in [0.2, 0.25) is 0 Å². The van der Waals surface area contributed by atoms with Crippen LogP contribution in [-0.2, 0) is 13.7 Å². The minimum absolute atomic E-state index is 0.248. The number of aromatic nitrogens is 3. The second kappa shape index (κ2) is 6.61. The number of hydrogen-bond acceptors (Lipinski definition) is 5. The van der Waals surface area contributed by atoms with Gasteiger partial charge in [0.15, 0.2) is 10.6 Å². The van der Waals surface area contributed by atoms with Gasteiger partial charge >= 0.3 is 5.63 Å². The number of rotatable bonds is 4. The monoisotopic (exact) mass is 365 g/mol. The molecule has 0 amide bonds. The van der Waals surface area contributed by atoms with Crippen molar-refractivity contribution in [3.05, 3.63) is 75.6 Å². The van der Waals surface area contributed by atoms with Crippen molar-refractivity contribution in [2.24, 2.45) is 7.05 Å². The fourth-order valence-corrected chi connectivity index (χ4v) is 2.90. The second-order valence-corrected chi connectivity index (χ2v) is 6.18. The van der Waals surface area contributed by atoms with E-state index in [2.05, 4.69) is 10.2 Å². The molecule has 0 aliphatic heterocycles. The molecule has 26 heavy (non-hydrogen) atoms. The van der Waals surface area contributed by atoms with E-state index in [0.717, 1.165) is 16.5 Å². The van der Waals surface area contributed by atoms with Crippen LogP contribution in [0.15, 0.2) is 63.8 Å². The Hall–Kier alpha value is -3.19. The summed E-state index contributed by atoms with van der Waals surface area (Å²) in [6.07, 6.45) is 0. The molecule has 0 saturated carbocycles. The number of hydrogen-bond donors (Lipinski definition) is 1. The van der Waals surface area contributed by atoms with Gasteiger partial charge in [-0.2, -0.15) is 5.10 Å². The fraction of sp³-hybridized carbons (Fsp3) is 0.105. The number of nitrogens with zero attached hydrogens (tertiary/aromatic N) is 2. The average molecular weight is 365 g/mol. The van der Waals surface area contributed by atoms with Crippen LogP contribution in [0.2, 0.25) is 0 Å². The van der Waals surface area contributed by atoms with Crippen LogP contribution >= 0.6 is 12.2 Å². The van der Waals surface area contributed by atoms with Crippen molar-refractivity contribution < 1.29 is 9.15 Å². The first-order valence-corrected chi connectivity index (χ1v) is 8.39. The predicted molar refractivity (Wildman–Crippen MR) is 101 cm³/mol. The lowest BCUT2D eigenvalue weighted by Crippen LogP contribution is -2.04. The molecular formula is C19H15N3O3S. The van der Waals surface area contributed by atoms with Crippen LogP contribution < -0.4 is 10.4 Å². The molecule has 0 atom stereocenters. The zero-order valence-corrected chi connectivity index (χ0v) is 14.7. The van der Waals surface area contributed by atoms with E-state index in [4.69, 9.17) is 21.4 Å². The van der Waals surface area contributed by atoms with Crippen molar-refractivity contribution in [2.45, 2.75) is 6.61 Å². The van der Waals surface area contributed by atoms with Gasteiger partial charge in [-0.3, -0.25) is 5.10 Å². The van der Waals surface area contributed by atoms with Gasteiger partial charge < -0.3 is 13.7 Å². The molecule has 1 N–H and O–H groups in total. The summed E-state index contributed by atoms with van der Waals surface area (Å²) in [7, 11) is 1.82. The quantitative estimate of drug-likeness (QED) is 0.439. The van der Waals surface area contributed by atoms with E-state index >= 15 is 0 Å². The largest absolute Gasteiger partial charge is 0.485 e. The van der Waals surface area contributed by atoms with Gasteiger partial charge in [0.1, 0.15) is 17.9 Å². The molecule has 0 radical (unpaired) electrons. The summed E-state index contributed by atoms with van der Waals surface area (Å²) >= 11 is 5.08. The lowest BCUT2D eigenvalue weighted by molar-refractivity contribution is 0.291. The molecule has 2 aromatic carbocycles. The lowest BCUT2D eigenvalue weighted by Gasteiger charge is -2.09. The highest BCUT2D eigenvalue weighted by Crippen LogP contribution is 2.29. The summed E-state index contributed by atoms with van der Waals surface area (Å²) in [5.41, 5.74) is 1.87. The summed E-state index contributed by atoms with van der Waals surface area (Å²) in [6.45, 7) is 0.248. The zero-order chi connectivity index (χ0) is 18.1. The topological polar surface area (TPSA) is 73.1 Å². The van der Waals surface area contributed by atoms with Crippen molar-refractivity contribution in [3.63, 3.8) is 0 Å². The molecule has 0 bridgehead atoms. The Balaban J connectivity index is 1.70. The molecule has 6 nitrogen and oxygen atoms in total. The van der Waals surface area contributed by atoms with E-state index < -0.39 is 5.63 Å². The first-order chi connectivity index (χ1) is 12.6. The van der Waals surface area contributed by atoms with Crippen LogP contribution in [0.4, 0.5) is 0 Å². The Kier molecular flexibility index (Phi) is 4.14. The maximum Gasteiger partial charge on any atom is 0.336 e. The third-order valence-electron chi connectivity index (χ3n) is 4.14. The van der Waals surface area contributed by atoms with Gasteiger partial charge in [0.05, 0.1) is 0 Å². The number of fused-ring (bicyclic) bond motifs is 1. The van der Waals surface area contributed by atoms with E-state index in [0.29, 0.717) is 21.9 Å². The van der Waals surface area contributed by atoms with Crippen molar-refractivity contribution in [1.82, 2.24) is 14.8 Å². The lowest BCUT2D eigenvalue weighted by atomic mass is 10.0. The standard InChI is InChI=1S/C19H15N3O3S/c1-22-17(20-21-19(22)26)11-24-13-7-8-14-15(12-5-3-2-4-6-12)10-18(23)25-16(14)9-13/h2-10H,11H2,1H3,(H,21,26). The van der Waals surface area contributed by atoms with Crippen LogP contribution in [-0.4, -0.2) is 14.8 Å². The zero-order valence-electron chi connectivity index (χ0n) is 13.9. The van der Waals surface area contributed by atoms with Crippen molar-refractivity contribution in [1.29, 1.82) is 0 Å². The highest BCUT2D eigenvalue weighted by molar-refractivity contribution is 7.71. The molecule has 4 rings (SSSR count). The predicted octanol–water partition coefficient (Wildman–Crippen LogP) is 3.83. The van der Waals surface area contributed by atoms with Crippen molar-refractivity contribution in [2.75, 3.05) is 0 Å². The van der Waals surface area contributed by atoms with Crippen LogP contribution in [0.25, 0.3) is 22.1 Å². The molecule has 130 valence electrons. The van der Waals surface area contributed by atoms with Gasteiger partial charge in [0, 0.05) is 24.6 Å². The van der Waals surface area contributed by atoms with E-state index in [9.17, 15) is 4.79 Å². The summed E-state index contributed by atoms with van der Waals surface area (Å²) in [5, 5.41) is 7.67. The van der Waals surface area contributed by atoms with Gasteiger partial charge in [-0.1, -0.05) is 30.3 Å². The van der Waals surface area contributed by atoms with Crippen LogP contribution in [0.1, 0.15) is 5.82 Å². The molecule has 2 heterocycles. The van der Waals surface area contributed by atoms with Gasteiger partial charge in [-0.15, -0.1) is 0 Å². The minimum Gasteiger partial charge on any atom is -0.485 e. The second-order valence-electron chi connectivity index (χ2n) is 5.80. The first kappa shape index (κ1) is 16.3. The van der Waals surface area contributed by atoms with Crippen molar-refractivity contribution >= 4 is 23.2 Å². The Labute approximate surface area is 153 Å². The number of benzene rings is 2. The molecule has 0 saturated heterocycles. The number of nitrogens with one attached hydrogen (secondary N) is 1. The smallest absolute Gasteiger partial charge is 0.336 e. The normalized spacial score (nSPS) is 11.0. The maximum absolute atomic E-state index is 12.0. The molecule has 0 aliphatic carbocycles. The van der Waals surface area contributed by atoms with Gasteiger partial charge in [-0.05, 0) is 35.5 Å². The highest BCUT2D eigenvalue weighted by Gasteiger charge is 2.10. The Morgan fingerprint density at radius 3 is 2.73 bits per heavy atom. The first-order valence-electron chi connectivity index (χ1n) is 7.98. The minimum atomic E-state index is -0.400. The third kappa shape index (κ3) is 3.04. The van der Waals surface area contributed by atoms with Crippen molar-refractivity contribution in [3.8, 4) is 16.9 Å². The summed E-state index contributed by atoms with van der Waals surface area (Å²) in [5.74, 6) is 1.26. The molecule has 0 spiro atoms. The number of H-pyrrole nitrogens is 1. The van der Waals surface area contributed by atoms with Gasteiger partial charge in [0.25, 0.3) is 0 Å². The molecular weight excluding hydrogens is 350 g/mol. The van der Waals surface area contributed by atoms with Crippen LogP contribution in [0, 0.1) is 4.77 Å². The summed E-state index contributed by atoms with van der Waals surface area (Å²) in [6, 6.07) is 16.7. The Morgan fingerprint density at radius 2 is 2.00 bits per heavy atom. The van der Waals surface area contributed by atoms with Gasteiger partial charge in [-0.25, -0.2) is 4.79 Å². The van der Waals surface area contributed by atoms with Crippen LogP contribution in [0.5, 0.6) is 5.75 Å². The van der Waals surface area contributed by atoms with E-state index in [1.165, 1.54) is 6.07 Å². The van der Waals surface area contributed by atoms with Crippen LogP contribution in [0.3, 0.4) is 0 Å². The maximum atomic E-state index is 12.0. The van der Waals surface area contributed by atoms with E-state index in [-0.39, 0.29) is 6.61 Å². The molecule has 2 aromatic heterocycles. The summed E-state index contributed by atoms with van der Waals surface area (Å²) < 4.78 is 13.4.